The van der Waals surface area contributed by atoms with Crippen molar-refractivity contribution >= 4 is 11.6 Å². The van der Waals surface area contributed by atoms with Gasteiger partial charge in [0.15, 0.2) is 0 Å². The fourth-order valence-corrected chi connectivity index (χ4v) is 2.04. The molecule has 0 radical (unpaired) electrons. The molecule has 0 atom stereocenters. The molecule has 18 heavy (non-hydrogen) atoms. The van der Waals surface area contributed by atoms with Crippen LogP contribution >= 0.6 is 0 Å². The number of aryl methyl sites for hydroxylation is 1. The van der Waals surface area contributed by atoms with Crippen molar-refractivity contribution in [3.05, 3.63) is 35.8 Å². The van der Waals surface area contributed by atoms with Crippen LogP contribution in [0, 0.1) is 6.92 Å². The Kier molecular flexibility index (Phi) is 2.38. The van der Waals surface area contributed by atoms with E-state index >= 15 is 0 Å². The van der Waals surface area contributed by atoms with Gasteiger partial charge in [-0.1, -0.05) is 6.07 Å². The van der Waals surface area contributed by atoms with E-state index in [-0.39, 0.29) is 12.5 Å². The number of aliphatic hydroxyl groups is 1. The molecule has 0 aromatic carbocycles. The van der Waals surface area contributed by atoms with Gasteiger partial charge in [0.25, 0.3) is 5.91 Å². The van der Waals surface area contributed by atoms with Gasteiger partial charge in [-0.25, -0.2) is 4.98 Å². The number of aliphatic hydroxyl groups excluding tert-OH is 1. The summed E-state index contributed by atoms with van der Waals surface area (Å²) in [6.07, 6.45) is 3.40. The van der Waals surface area contributed by atoms with E-state index in [0.717, 1.165) is 24.2 Å². The summed E-state index contributed by atoms with van der Waals surface area (Å²) in [6.45, 7) is 1.96. The van der Waals surface area contributed by atoms with Crippen LogP contribution in [0.25, 0.3) is 5.65 Å². The molecule has 5 heteroatoms. The van der Waals surface area contributed by atoms with Crippen LogP contribution in [-0.4, -0.2) is 32.5 Å². The van der Waals surface area contributed by atoms with Crippen LogP contribution in [0.3, 0.4) is 0 Å². The number of nitrogens with one attached hydrogen (secondary N) is 1. The number of hydrogen-bond donors (Lipinski definition) is 2. The Morgan fingerprint density at radius 1 is 1.56 bits per heavy atom. The standard InChI is InChI=1S/C13H15N3O2/c1-9-3-2-4-11-14-10(7-16(9)11)12(18)15-13(8-17)5-6-13/h2-4,7,17H,5-6,8H2,1H3,(H,15,18). The maximum atomic E-state index is 12.0. The van der Waals surface area contributed by atoms with Crippen molar-refractivity contribution in [1.82, 2.24) is 14.7 Å². The molecule has 0 bridgehead atoms. The van der Waals surface area contributed by atoms with Crippen molar-refractivity contribution in [3.63, 3.8) is 0 Å². The highest BCUT2D eigenvalue weighted by Crippen LogP contribution is 2.34. The zero-order valence-electron chi connectivity index (χ0n) is 10.2. The average molecular weight is 245 g/mol. The molecular formula is C13H15N3O2. The lowest BCUT2D eigenvalue weighted by Gasteiger charge is -2.12. The highest BCUT2D eigenvalue weighted by molar-refractivity contribution is 5.93. The summed E-state index contributed by atoms with van der Waals surface area (Å²) in [6, 6.07) is 5.74. The quantitative estimate of drug-likeness (QED) is 0.844. The molecule has 1 aliphatic rings. The summed E-state index contributed by atoms with van der Waals surface area (Å²) < 4.78 is 1.88. The Labute approximate surface area is 104 Å². The second kappa shape index (κ2) is 3.81. The molecule has 2 N–H and O–H groups in total. The minimum Gasteiger partial charge on any atom is -0.394 e. The molecule has 1 fully saturated rings. The Bertz CT molecular complexity index is 614. The molecule has 3 rings (SSSR count). The molecule has 0 unspecified atom stereocenters. The number of carbonyl (C=O) groups is 1. The number of rotatable bonds is 3. The Hall–Kier alpha value is -1.88. The van der Waals surface area contributed by atoms with Gasteiger partial charge in [-0.05, 0) is 31.9 Å². The maximum absolute atomic E-state index is 12.0. The van der Waals surface area contributed by atoms with Gasteiger partial charge in [0, 0.05) is 11.9 Å². The van der Waals surface area contributed by atoms with Crippen LogP contribution in [0.1, 0.15) is 29.0 Å². The summed E-state index contributed by atoms with van der Waals surface area (Å²) in [7, 11) is 0. The van der Waals surface area contributed by atoms with Crippen molar-refractivity contribution in [2.45, 2.75) is 25.3 Å². The molecule has 0 aliphatic heterocycles. The van der Waals surface area contributed by atoms with E-state index in [1.165, 1.54) is 0 Å². The van der Waals surface area contributed by atoms with Gasteiger partial charge < -0.3 is 14.8 Å². The lowest BCUT2D eigenvalue weighted by Crippen LogP contribution is -2.39. The summed E-state index contributed by atoms with van der Waals surface area (Å²) in [5.41, 5.74) is 1.78. The molecule has 2 aromatic heterocycles. The molecule has 0 saturated heterocycles. The molecule has 2 aromatic rings. The number of carbonyl (C=O) groups excluding carboxylic acids is 1. The predicted molar refractivity (Wildman–Crippen MR) is 66.4 cm³/mol. The number of fused-ring (bicyclic) bond motifs is 1. The minimum atomic E-state index is -0.401. The normalized spacial score (nSPS) is 16.8. The molecule has 5 nitrogen and oxygen atoms in total. The zero-order chi connectivity index (χ0) is 12.8. The zero-order valence-corrected chi connectivity index (χ0v) is 10.2. The van der Waals surface area contributed by atoms with Gasteiger partial charge in [-0.3, -0.25) is 4.79 Å². The average Bonchev–Trinajstić information content (AvgIpc) is 2.98. The number of nitrogens with zero attached hydrogens (tertiary/aromatic N) is 2. The Morgan fingerprint density at radius 2 is 2.33 bits per heavy atom. The predicted octanol–water partition coefficient (Wildman–Crippen LogP) is 0.897. The smallest absolute Gasteiger partial charge is 0.272 e. The first-order valence-electron chi connectivity index (χ1n) is 6.02. The SMILES string of the molecule is Cc1cccc2nc(C(=O)NC3(CO)CC3)cn12. The monoisotopic (exact) mass is 245 g/mol. The third-order valence-corrected chi connectivity index (χ3v) is 3.46. The van der Waals surface area contributed by atoms with E-state index in [1.54, 1.807) is 6.20 Å². The van der Waals surface area contributed by atoms with Crippen LogP contribution in [0.4, 0.5) is 0 Å². The Morgan fingerprint density at radius 3 is 2.94 bits per heavy atom. The van der Waals surface area contributed by atoms with Crippen molar-refractivity contribution in [2.24, 2.45) is 0 Å². The molecule has 1 saturated carbocycles. The van der Waals surface area contributed by atoms with Crippen molar-refractivity contribution in [1.29, 1.82) is 0 Å². The highest BCUT2D eigenvalue weighted by Gasteiger charge is 2.43. The van der Waals surface area contributed by atoms with Crippen molar-refractivity contribution in [2.75, 3.05) is 6.61 Å². The van der Waals surface area contributed by atoms with E-state index in [1.807, 2.05) is 29.5 Å². The molecule has 94 valence electrons. The van der Waals surface area contributed by atoms with Gasteiger partial charge in [0.1, 0.15) is 11.3 Å². The molecule has 1 amide bonds. The molecule has 2 heterocycles. The number of hydrogen-bond acceptors (Lipinski definition) is 3. The van der Waals surface area contributed by atoms with Gasteiger partial charge in [0.05, 0.1) is 12.1 Å². The van der Waals surface area contributed by atoms with Gasteiger partial charge in [-0.2, -0.15) is 0 Å². The summed E-state index contributed by atoms with van der Waals surface area (Å²) >= 11 is 0. The van der Waals surface area contributed by atoms with E-state index in [0.29, 0.717) is 5.69 Å². The number of aromatic nitrogens is 2. The number of amides is 1. The Balaban J connectivity index is 1.90. The molecule has 1 aliphatic carbocycles. The lowest BCUT2D eigenvalue weighted by molar-refractivity contribution is 0.0902. The summed E-state index contributed by atoms with van der Waals surface area (Å²) in [5, 5.41) is 12.0. The lowest BCUT2D eigenvalue weighted by atomic mass is 10.3. The van der Waals surface area contributed by atoms with Gasteiger partial charge >= 0.3 is 0 Å². The van der Waals surface area contributed by atoms with Crippen LogP contribution in [0.2, 0.25) is 0 Å². The van der Waals surface area contributed by atoms with E-state index in [9.17, 15) is 9.90 Å². The minimum absolute atomic E-state index is 0.00879. The molecular weight excluding hydrogens is 230 g/mol. The van der Waals surface area contributed by atoms with Crippen molar-refractivity contribution in [3.8, 4) is 0 Å². The van der Waals surface area contributed by atoms with Crippen LogP contribution in [0.15, 0.2) is 24.4 Å². The third-order valence-electron chi connectivity index (χ3n) is 3.46. The molecule has 0 spiro atoms. The first-order valence-corrected chi connectivity index (χ1v) is 6.02. The van der Waals surface area contributed by atoms with Crippen molar-refractivity contribution < 1.29 is 9.90 Å². The fourth-order valence-electron chi connectivity index (χ4n) is 2.04. The summed E-state index contributed by atoms with van der Waals surface area (Å²) in [4.78, 5) is 16.3. The largest absolute Gasteiger partial charge is 0.394 e. The van der Waals surface area contributed by atoms with Gasteiger partial charge in [0.2, 0.25) is 0 Å². The highest BCUT2D eigenvalue weighted by atomic mass is 16.3. The number of imidazole rings is 1. The summed E-state index contributed by atoms with van der Waals surface area (Å²) in [5.74, 6) is -0.218. The van der Waals surface area contributed by atoms with Crippen LogP contribution in [0.5, 0.6) is 0 Å². The van der Waals surface area contributed by atoms with Crippen LogP contribution < -0.4 is 5.32 Å². The fraction of sp³-hybridized carbons (Fsp3) is 0.385. The first kappa shape index (κ1) is 11.2. The maximum Gasteiger partial charge on any atom is 0.272 e. The number of pyridine rings is 1. The van der Waals surface area contributed by atoms with Gasteiger partial charge in [-0.15, -0.1) is 0 Å². The van der Waals surface area contributed by atoms with E-state index in [4.69, 9.17) is 0 Å². The van der Waals surface area contributed by atoms with E-state index in [2.05, 4.69) is 10.3 Å². The van der Waals surface area contributed by atoms with E-state index < -0.39 is 5.54 Å². The second-order valence-electron chi connectivity index (χ2n) is 4.91. The second-order valence-corrected chi connectivity index (χ2v) is 4.91. The third kappa shape index (κ3) is 1.76. The first-order chi connectivity index (χ1) is 8.63. The van der Waals surface area contributed by atoms with Crippen LogP contribution in [-0.2, 0) is 0 Å². The topological polar surface area (TPSA) is 66.6 Å².